The van der Waals surface area contributed by atoms with Crippen LogP contribution in [0.1, 0.15) is 0 Å². The molecule has 1 saturated heterocycles. The van der Waals surface area contributed by atoms with Gasteiger partial charge in [-0.15, -0.1) is 17.0 Å². The number of hydrogen-bond acceptors (Lipinski definition) is 3. The standard InChI is InChI=1S/C11H16N2O.BrH/c1-14-11-5-3-2-4-10(11)13-8-6-12-7-9-13;/h2-5,12H,6-9H2,1H3;1H. The third-order valence-electron chi connectivity index (χ3n) is 2.54. The average molecular weight is 273 g/mol. The summed E-state index contributed by atoms with van der Waals surface area (Å²) >= 11 is 0. The van der Waals surface area contributed by atoms with Crippen LogP contribution in [0.3, 0.4) is 0 Å². The van der Waals surface area contributed by atoms with E-state index in [2.05, 4.69) is 22.3 Å². The highest BCUT2D eigenvalue weighted by molar-refractivity contribution is 8.93. The number of rotatable bonds is 2. The van der Waals surface area contributed by atoms with Crippen molar-refractivity contribution in [1.82, 2.24) is 5.32 Å². The van der Waals surface area contributed by atoms with E-state index in [0.717, 1.165) is 31.9 Å². The summed E-state index contributed by atoms with van der Waals surface area (Å²) in [6.45, 7) is 4.22. The summed E-state index contributed by atoms with van der Waals surface area (Å²) in [5.74, 6) is 0.967. The van der Waals surface area contributed by atoms with Crippen LogP contribution >= 0.6 is 17.0 Å². The van der Waals surface area contributed by atoms with Gasteiger partial charge in [-0.25, -0.2) is 0 Å². The van der Waals surface area contributed by atoms with Gasteiger partial charge in [0.2, 0.25) is 0 Å². The fraction of sp³-hybridized carbons (Fsp3) is 0.455. The molecule has 0 aliphatic carbocycles. The summed E-state index contributed by atoms with van der Waals surface area (Å²) in [7, 11) is 1.72. The van der Waals surface area contributed by atoms with E-state index in [1.165, 1.54) is 5.69 Å². The van der Waals surface area contributed by atoms with Gasteiger partial charge in [-0.2, -0.15) is 0 Å². The molecule has 15 heavy (non-hydrogen) atoms. The first kappa shape index (κ1) is 12.3. The van der Waals surface area contributed by atoms with E-state index in [1.807, 2.05) is 12.1 Å². The van der Waals surface area contributed by atoms with E-state index < -0.39 is 0 Å². The molecule has 3 nitrogen and oxygen atoms in total. The Balaban J connectivity index is 0.00000112. The van der Waals surface area contributed by atoms with Gasteiger partial charge in [-0.05, 0) is 12.1 Å². The summed E-state index contributed by atoms with van der Waals surface area (Å²) in [6, 6.07) is 8.19. The third-order valence-corrected chi connectivity index (χ3v) is 2.54. The number of methoxy groups -OCH3 is 1. The van der Waals surface area contributed by atoms with Gasteiger partial charge in [0.15, 0.2) is 0 Å². The zero-order valence-electron chi connectivity index (χ0n) is 8.90. The van der Waals surface area contributed by atoms with Crippen molar-refractivity contribution in [3.05, 3.63) is 24.3 Å². The minimum absolute atomic E-state index is 0. The Labute approximate surface area is 101 Å². The smallest absolute Gasteiger partial charge is 0.142 e. The van der Waals surface area contributed by atoms with Crippen LogP contribution < -0.4 is 15.0 Å². The molecule has 1 aromatic rings. The van der Waals surface area contributed by atoms with E-state index in [4.69, 9.17) is 4.74 Å². The number of ether oxygens (including phenoxy) is 1. The van der Waals surface area contributed by atoms with Crippen LogP contribution in [0, 0.1) is 0 Å². The van der Waals surface area contributed by atoms with Crippen LogP contribution in [0.25, 0.3) is 0 Å². The highest BCUT2D eigenvalue weighted by Crippen LogP contribution is 2.27. The minimum Gasteiger partial charge on any atom is -0.495 e. The van der Waals surface area contributed by atoms with Gasteiger partial charge in [0.1, 0.15) is 5.75 Å². The Kier molecular flexibility index (Phi) is 4.91. The van der Waals surface area contributed by atoms with Gasteiger partial charge in [0.05, 0.1) is 12.8 Å². The quantitative estimate of drug-likeness (QED) is 0.887. The van der Waals surface area contributed by atoms with Crippen molar-refractivity contribution < 1.29 is 4.74 Å². The maximum absolute atomic E-state index is 5.34. The van der Waals surface area contributed by atoms with Gasteiger partial charge >= 0.3 is 0 Å². The summed E-state index contributed by atoms with van der Waals surface area (Å²) in [4.78, 5) is 2.36. The molecule has 0 aromatic heterocycles. The second-order valence-corrected chi connectivity index (χ2v) is 3.41. The fourth-order valence-electron chi connectivity index (χ4n) is 1.80. The van der Waals surface area contributed by atoms with Crippen molar-refractivity contribution >= 4 is 22.7 Å². The molecule has 4 heteroatoms. The number of piperazine rings is 1. The highest BCUT2D eigenvalue weighted by atomic mass is 79.9. The number of halogens is 1. The molecule has 0 spiro atoms. The molecule has 0 unspecified atom stereocenters. The van der Waals surface area contributed by atoms with Crippen LogP contribution in [0.4, 0.5) is 5.69 Å². The molecule has 1 aromatic carbocycles. The molecule has 1 heterocycles. The van der Waals surface area contributed by atoms with Gasteiger partial charge in [0, 0.05) is 26.2 Å². The monoisotopic (exact) mass is 272 g/mol. The average Bonchev–Trinajstić information content (AvgIpc) is 2.30. The van der Waals surface area contributed by atoms with Crippen molar-refractivity contribution in [3.63, 3.8) is 0 Å². The van der Waals surface area contributed by atoms with Gasteiger partial charge in [-0.1, -0.05) is 12.1 Å². The SMILES string of the molecule is Br.COc1ccccc1N1CCNCC1. The predicted molar refractivity (Wildman–Crippen MR) is 68.4 cm³/mol. The zero-order chi connectivity index (χ0) is 9.80. The van der Waals surface area contributed by atoms with Crippen molar-refractivity contribution in [2.24, 2.45) is 0 Å². The maximum atomic E-state index is 5.34. The molecule has 2 rings (SSSR count). The van der Waals surface area contributed by atoms with E-state index in [9.17, 15) is 0 Å². The lowest BCUT2D eigenvalue weighted by Gasteiger charge is -2.30. The highest BCUT2D eigenvalue weighted by Gasteiger charge is 2.13. The molecule has 0 amide bonds. The minimum atomic E-state index is 0. The van der Waals surface area contributed by atoms with Crippen LogP contribution in [-0.2, 0) is 0 Å². The van der Waals surface area contributed by atoms with Crippen LogP contribution in [0.2, 0.25) is 0 Å². The van der Waals surface area contributed by atoms with E-state index in [-0.39, 0.29) is 17.0 Å². The first-order chi connectivity index (χ1) is 6.92. The summed E-state index contributed by atoms with van der Waals surface area (Å²) in [6.07, 6.45) is 0. The molecule has 1 N–H and O–H groups in total. The topological polar surface area (TPSA) is 24.5 Å². The zero-order valence-corrected chi connectivity index (χ0v) is 10.6. The first-order valence-electron chi connectivity index (χ1n) is 5.00. The van der Waals surface area contributed by atoms with Gasteiger partial charge < -0.3 is 15.0 Å². The molecular formula is C11H17BrN2O. The number of para-hydroxylation sites is 2. The Bertz CT molecular complexity index is 300. The molecule has 1 aliphatic rings. The molecule has 1 fully saturated rings. The Hall–Kier alpha value is -0.740. The number of nitrogens with zero attached hydrogens (tertiary/aromatic N) is 1. The Morgan fingerprint density at radius 2 is 1.87 bits per heavy atom. The molecule has 0 radical (unpaired) electrons. The maximum Gasteiger partial charge on any atom is 0.142 e. The lowest BCUT2D eigenvalue weighted by atomic mass is 10.2. The van der Waals surface area contributed by atoms with Gasteiger partial charge in [0.25, 0.3) is 0 Å². The second kappa shape index (κ2) is 5.98. The number of hydrogen-bond donors (Lipinski definition) is 1. The predicted octanol–water partition coefficient (Wildman–Crippen LogP) is 1.68. The van der Waals surface area contributed by atoms with Crippen LogP contribution in [0.15, 0.2) is 24.3 Å². The van der Waals surface area contributed by atoms with Crippen molar-refractivity contribution in [3.8, 4) is 5.75 Å². The van der Waals surface area contributed by atoms with Crippen LogP contribution in [-0.4, -0.2) is 33.3 Å². The molecular weight excluding hydrogens is 256 g/mol. The summed E-state index contributed by atoms with van der Waals surface area (Å²) in [5, 5.41) is 3.34. The first-order valence-corrected chi connectivity index (χ1v) is 5.00. The Morgan fingerprint density at radius 1 is 1.20 bits per heavy atom. The Morgan fingerprint density at radius 3 is 2.53 bits per heavy atom. The number of anilines is 1. The van der Waals surface area contributed by atoms with E-state index in [0.29, 0.717) is 0 Å². The molecule has 1 aliphatic heterocycles. The van der Waals surface area contributed by atoms with Crippen molar-refractivity contribution in [1.29, 1.82) is 0 Å². The lowest BCUT2D eigenvalue weighted by molar-refractivity contribution is 0.413. The summed E-state index contributed by atoms with van der Waals surface area (Å²) in [5.41, 5.74) is 1.21. The van der Waals surface area contributed by atoms with Crippen molar-refractivity contribution in [2.75, 3.05) is 38.2 Å². The molecule has 0 atom stereocenters. The summed E-state index contributed by atoms with van der Waals surface area (Å²) < 4.78 is 5.34. The van der Waals surface area contributed by atoms with E-state index >= 15 is 0 Å². The van der Waals surface area contributed by atoms with Crippen molar-refractivity contribution in [2.45, 2.75) is 0 Å². The largest absolute Gasteiger partial charge is 0.495 e. The molecule has 0 saturated carbocycles. The third kappa shape index (κ3) is 2.86. The van der Waals surface area contributed by atoms with Gasteiger partial charge in [-0.3, -0.25) is 0 Å². The molecule has 84 valence electrons. The van der Waals surface area contributed by atoms with E-state index in [1.54, 1.807) is 7.11 Å². The second-order valence-electron chi connectivity index (χ2n) is 3.41. The number of nitrogens with one attached hydrogen (secondary N) is 1. The van der Waals surface area contributed by atoms with Crippen LogP contribution in [0.5, 0.6) is 5.75 Å². The fourth-order valence-corrected chi connectivity index (χ4v) is 1.80. The number of benzene rings is 1. The lowest BCUT2D eigenvalue weighted by Crippen LogP contribution is -2.43. The normalized spacial score (nSPS) is 15.7. The molecule has 0 bridgehead atoms.